The molecule has 0 bridgehead atoms. The second-order valence-corrected chi connectivity index (χ2v) is 12.7. The number of fused-ring (bicyclic) bond motifs is 6. The molecule has 7 aromatic carbocycles. The first-order valence-corrected chi connectivity index (χ1v) is 16.6. The van der Waals surface area contributed by atoms with Crippen molar-refractivity contribution in [2.75, 3.05) is 4.90 Å². The lowest BCUT2D eigenvalue weighted by Crippen LogP contribution is -2.10. The summed E-state index contributed by atoms with van der Waals surface area (Å²) in [7, 11) is 0. The molecule has 0 atom stereocenters. The van der Waals surface area contributed by atoms with Gasteiger partial charge in [-0.05, 0) is 108 Å². The van der Waals surface area contributed by atoms with Gasteiger partial charge in [0.15, 0.2) is 0 Å². The van der Waals surface area contributed by atoms with Gasteiger partial charge in [-0.2, -0.15) is 0 Å². The molecule has 0 spiro atoms. The summed E-state index contributed by atoms with van der Waals surface area (Å²) in [6, 6.07) is 49.4. The minimum atomic E-state index is -0.299. The lowest BCUT2D eigenvalue weighted by Gasteiger charge is -2.26. The first-order chi connectivity index (χ1) is 24.5. The highest BCUT2D eigenvalue weighted by molar-refractivity contribution is 6.11. The van der Waals surface area contributed by atoms with Gasteiger partial charge in [-0.25, -0.2) is 13.2 Å². The van der Waals surface area contributed by atoms with Crippen LogP contribution in [0.3, 0.4) is 0 Å². The molecule has 0 aliphatic rings. The summed E-state index contributed by atoms with van der Waals surface area (Å²) in [5.41, 5.74) is 9.04. The fourth-order valence-electron chi connectivity index (χ4n) is 7.28. The number of rotatable bonds is 7. The molecule has 0 saturated heterocycles. The van der Waals surface area contributed by atoms with Crippen molar-refractivity contribution in [2.24, 2.45) is 0 Å². The molecular formula is C44H30F3N3. The summed E-state index contributed by atoms with van der Waals surface area (Å²) in [6.07, 6.45) is 0. The van der Waals surface area contributed by atoms with E-state index in [-0.39, 0.29) is 17.5 Å². The molecule has 0 aliphatic carbocycles. The van der Waals surface area contributed by atoms with Crippen molar-refractivity contribution in [3.8, 4) is 0 Å². The van der Waals surface area contributed by atoms with Crippen LogP contribution in [0.4, 0.5) is 30.2 Å². The van der Waals surface area contributed by atoms with E-state index >= 15 is 0 Å². The van der Waals surface area contributed by atoms with E-state index in [0.717, 1.165) is 71.8 Å². The third kappa shape index (κ3) is 5.17. The zero-order valence-electron chi connectivity index (χ0n) is 26.9. The average molecular weight is 658 g/mol. The molecule has 0 radical (unpaired) electrons. The van der Waals surface area contributed by atoms with Gasteiger partial charge in [0.05, 0.1) is 0 Å². The summed E-state index contributed by atoms with van der Waals surface area (Å²) in [5.74, 6) is -0.804. The number of nitrogens with zero attached hydrogens (tertiary/aromatic N) is 3. The molecule has 0 amide bonds. The second-order valence-electron chi connectivity index (χ2n) is 12.7. The van der Waals surface area contributed by atoms with E-state index in [1.807, 2.05) is 48.5 Å². The van der Waals surface area contributed by atoms with E-state index in [0.29, 0.717) is 13.1 Å². The Morgan fingerprint density at radius 3 is 1.16 bits per heavy atom. The standard InChI is InChI=1S/C44H30F3N3/c45-31-13-9-29(10-14-31)27-48-41-7-3-1-5-37(41)39-25-35(21-23-43(39)48)50(34-19-17-33(47)18-20-34)36-22-24-44-40(26-36)38-6-2-4-8-42(38)49(44)28-30-11-15-32(46)16-12-30/h1-26H,27-28H2. The van der Waals surface area contributed by atoms with Crippen LogP contribution >= 0.6 is 0 Å². The fraction of sp³-hybridized carbons (Fsp3) is 0.0455. The number of halogens is 3. The molecule has 0 N–H and O–H groups in total. The number of para-hydroxylation sites is 2. The topological polar surface area (TPSA) is 13.1 Å². The number of hydrogen-bond donors (Lipinski definition) is 0. The number of benzene rings is 7. The molecule has 9 rings (SSSR count). The van der Waals surface area contributed by atoms with Gasteiger partial charge in [0.2, 0.25) is 0 Å². The summed E-state index contributed by atoms with van der Waals surface area (Å²) >= 11 is 0. The summed E-state index contributed by atoms with van der Waals surface area (Å²) in [4.78, 5) is 2.16. The zero-order chi connectivity index (χ0) is 33.8. The minimum Gasteiger partial charge on any atom is -0.336 e. The van der Waals surface area contributed by atoms with Crippen molar-refractivity contribution in [1.82, 2.24) is 9.13 Å². The van der Waals surface area contributed by atoms with Gasteiger partial charge in [0, 0.05) is 73.8 Å². The summed E-state index contributed by atoms with van der Waals surface area (Å²) < 4.78 is 46.2. The molecule has 3 nitrogen and oxygen atoms in total. The van der Waals surface area contributed by atoms with Crippen molar-refractivity contribution in [1.29, 1.82) is 0 Å². The number of hydrogen-bond acceptors (Lipinski definition) is 1. The molecule has 0 saturated carbocycles. The molecule has 2 heterocycles. The van der Waals surface area contributed by atoms with Gasteiger partial charge < -0.3 is 14.0 Å². The highest BCUT2D eigenvalue weighted by Crippen LogP contribution is 2.41. The van der Waals surface area contributed by atoms with E-state index in [1.165, 1.54) is 36.4 Å². The van der Waals surface area contributed by atoms with Crippen molar-refractivity contribution in [3.63, 3.8) is 0 Å². The van der Waals surface area contributed by atoms with E-state index < -0.39 is 0 Å². The van der Waals surface area contributed by atoms with Gasteiger partial charge >= 0.3 is 0 Å². The van der Waals surface area contributed by atoms with Gasteiger partial charge in [0.1, 0.15) is 17.5 Å². The van der Waals surface area contributed by atoms with E-state index in [4.69, 9.17) is 0 Å². The van der Waals surface area contributed by atoms with Crippen LogP contribution < -0.4 is 4.90 Å². The van der Waals surface area contributed by atoms with Crippen LogP contribution in [0.5, 0.6) is 0 Å². The first kappa shape index (κ1) is 29.8. The van der Waals surface area contributed by atoms with E-state index in [9.17, 15) is 13.2 Å². The largest absolute Gasteiger partial charge is 0.336 e. The minimum absolute atomic E-state index is 0.253. The molecule has 0 unspecified atom stereocenters. The molecule has 50 heavy (non-hydrogen) atoms. The molecule has 9 aromatic rings. The third-order valence-corrected chi connectivity index (χ3v) is 9.62. The molecule has 242 valence electrons. The summed E-state index contributed by atoms with van der Waals surface area (Å²) in [6.45, 7) is 1.20. The van der Waals surface area contributed by atoms with Crippen LogP contribution in [-0.2, 0) is 13.1 Å². The van der Waals surface area contributed by atoms with E-state index in [1.54, 1.807) is 12.1 Å². The predicted molar refractivity (Wildman–Crippen MR) is 198 cm³/mol. The molecule has 6 heteroatoms. The van der Waals surface area contributed by atoms with Gasteiger partial charge in [0.25, 0.3) is 0 Å². The Bertz CT molecular complexity index is 2510. The zero-order valence-corrected chi connectivity index (χ0v) is 26.9. The first-order valence-electron chi connectivity index (χ1n) is 16.6. The van der Waals surface area contributed by atoms with Crippen LogP contribution in [0.15, 0.2) is 158 Å². The monoisotopic (exact) mass is 657 g/mol. The molecule has 0 aliphatic heterocycles. The molecule has 0 fully saturated rings. The Kier molecular flexibility index (Phi) is 7.16. The Labute approximate surface area is 286 Å². The predicted octanol–water partition coefficient (Wildman–Crippen LogP) is 11.9. The van der Waals surface area contributed by atoms with Crippen LogP contribution in [0, 0.1) is 17.5 Å². The van der Waals surface area contributed by atoms with Gasteiger partial charge in [-0.3, -0.25) is 0 Å². The van der Waals surface area contributed by atoms with Crippen molar-refractivity contribution in [3.05, 3.63) is 186 Å². The Morgan fingerprint density at radius 2 is 0.720 bits per heavy atom. The van der Waals surface area contributed by atoms with Crippen molar-refractivity contribution >= 4 is 60.7 Å². The Hall–Kier alpha value is -6.27. The van der Waals surface area contributed by atoms with Crippen molar-refractivity contribution < 1.29 is 13.2 Å². The molecule has 2 aromatic heterocycles. The Balaban J connectivity index is 1.21. The highest BCUT2D eigenvalue weighted by atomic mass is 19.1. The van der Waals surface area contributed by atoms with Crippen LogP contribution in [0.25, 0.3) is 43.6 Å². The van der Waals surface area contributed by atoms with Crippen LogP contribution in [0.2, 0.25) is 0 Å². The lowest BCUT2D eigenvalue weighted by molar-refractivity contribution is 0.626. The maximum Gasteiger partial charge on any atom is 0.123 e. The second kappa shape index (κ2) is 12.0. The van der Waals surface area contributed by atoms with Crippen LogP contribution in [-0.4, -0.2) is 9.13 Å². The SMILES string of the molecule is Fc1ccc(Cn2c3ccccc3c3cc(N(c4ccc(F)cc4)c4ccc5c(c4)c4ccccc4n5Cc4ccc(F)cc4)ccc32)cc1. The maximum atomic E-state index is 14.3. The van der Waals surface area contributed by atoms with Crippen LogP contribution in [0.1, 0.15) is 11.1 Å². The summed E-state index contributed by atoms with van der Waals surface area (Å²) in [5, 5.41) is 4.41. The third-order valence-electron chi connectivity index (χ3n) is 9.62. The average Bonchev–Trinajstić information content (AvgIpc) is 3.62. The fourth-order valence-corrected chi connectivity index (χ4v) is 7.28. The quantitative estimate of drug-likeness (QED) is 0.166. The van der Waals surface area contributed by atoms with Crippen molar-refractivity contribution in [2.45, 2.75) is 13.1 Å². The Morgan fingerprint density at radius 1 is 0.360 bits per heavy atom. The molecular weight excluding hydrogens is 627 g/mol. The highest BCUT2D eigenvalue weighted by Gasteiger charge is 2.19. The maximum absolute atomic E-state index is 14.3. The van der Waals surface area contributed by atoms with Gasteiger partial charge in [-0.15, -0.1) is 0 Å². The number of aromatic nitrogens is 2. The number of anilines is 3. The lowest BCUT2D eigenvalue weighted by atomic mass is 10.1. The van der Waals surface area contributed by atoms with E-state index in [2.05, 4.69) is 74.7 Å². The normalized spacial score (nSPS) is 11.7. The van der Waals surface area contributed by atoms with Gasteiger partial charge in [-0.1, -0.05) is 60.7 Å². The smallest absolute Gasteiger partial charge is 0.123 e.